The summed E-state index contributed by atoms with van der Waals surface area (Å²) >= 11 is 0. The zero-order valence-corrected chi connectivity index (χ0v) is 17.6. The van der Waals surface area contributed by atoms with E-state index in [4.69, 9.17) is 0 Å². The number of carbonyl (C=O) groups excluding carboxylic acids is 1. The maximum Gasteiger partial charge on any atom is 0.243 e. The van der Waals surface area contributed by atoms with Crippen molar-refractivity contribution in [2.24, 2.45) is 4.99 Å². The van der Waals surface area contributed by atoms with Crippen LogP contribution in [-0.4, -0.2) is 86.0 Å². The molecular formula is C17H32IN5O. The highest BCUT2D eigenvalue weighted by Crippen LogP contribution is 2.20. The van der Waals surface area contributed by atoms with Gasteiger partial charge in [-0.3, -0.25) is 9.69 Å². The molecule has 2 aliphatic rings. The lowest BCUT2D eigenvalue weighted by Gasteiger charge is -2.25. The van der Waals surface area contributed by atoms with Gasteiger partial charge in [0.2, 0.25) is 5.91 Å². The van der Waals surface area contributed by atoms with Crippen LogP contribution in [0.3, 0.4) is 0 Å². The van der Waals surface area contributed by atoms with Crippen LogP contribution in [0, 0.1) is 0 Å². The number of carbonyl (C=O) groups is 1. The molecule has 0 bridgehead atoms. The smallest absolute Gasteiger partial charge is 0.243 e. The highest BCUT2D eigenvalue weighted by molar-refractivity contribution is 14.0. The van der Waals surface area contributed by atoms with E-state index in [2.05, 4.69) is 26.7 Å². The molecule has 138 valence electrons. The summed E-state index contributed by atoms with van der Waals surface area (Å²) in [7, 11) is 3.52. The number of nitrogens with zero attached hydrogens (tertiary/aromatic N) is 4. The first kappa shape index (κ1) is 21.2. The van der Waals surface area contributed by atoms with Crippen LogP contribution < -0.4 is 5.32 Å². The maximum atomic E-state index is 11.8. The lowest BCUT2D eigenvalue weighted by Crippen LogP contribution is -2.43. The van der Waals surface area contributed by atoms with Gasteiger partial charge in [0.1, 0.15) is 6.54 Å². The summed E-state index contributed by atoms with van der Waals surface area (Å²) in [6.45, 7) is 11.3. The number of likely N-dealkylation sites (tertiary alicyclic amines) is 2. The molecule has 0 saturated carbocycles. The lowest BCUT2D eigenvalue weighted by atomic mass is 10.2. The Balaban J connectivity index is 0.00000288. The van der Waals surface area contributed by atoms with Crippen LogP contribution in [0.25, 0.3) is 0 Å². The van der Waals surface area contributed by atoms with Crippen molar-refractivity contribution in [3.8, 4) is 0 Å². The molecule has 0 aromatic rings. The highest BCUT2D eigenvalue weighted by Gasteiger charge is 2.30. The molecule has 0 spiro atoms. The van der Waals surface area contributed by atoms with Gasteiger partial charge in [-0.05, 0) is 39.3 Å². The molecule has 24 heavy (non-hydrogen) atoms. The minimum absolute atomic E-state index is 0. The SMILES string of the molecule is C=C(C)CNC(=NCC(=O)N(C)C)N1CCC(N2CCCC2)C1.I. The molecule has 6 nitrogen and oxygen atoms in total. The van der Waals surface area contributed by atoms with Gasteiger partial charge in [-0.25, -0.2) is 4.99 Å². The fraction of sp³-hybridized carbons (Fsp3) is 0.765. The van der Waals surface area contributed by atoms with E-state index in [9.17, 15) is 4.79 Å². The predicted molar refractivity (Wildman–Crippen MR) is 110 cm³/mol. The van der Waals surface area contributed by atoms with E-state index >= 15 is 0 Å². The quantitative estimate of drug-likeness (QED) is 0.298. The number of rotatable bonds is 5. The highest BCUT2D eigenvalue weighted by atomic mass is 127. The Morgan fingerprint density at radius 1 is 1.29 bits per heavy atom. The third-order valence-corrected chi connectivity index (χ3v) is 4.53. The van der Waals surface area contributed by atoms with Crippen LogP contribution in [0.2, 0.25) is 0 Å². The van der Waals surface area contributed by atoms with E-state index in [0.29, 0.717) is 12.6 Å². The second-order valence-electron chi connectivity index (χ2n) is 6.87. The molecule has 0 aromatic carbocycles. The molecule has 1 unspecified atom stereocenters. The van der Waals surface area contributed by atoms with Crippen molar-refractivity contribution < 1.29 is 4.79 Å². The molecule has 2 saturated heterocycles. The van der Waals surface area contributed by atoms with Crippen LogP contribution in [0.5, 0.6) is 0 Å². The van der Waals surface area contributed by atoms with Gasteiger partial charge in [-0.1, -0.05) is 12.2 Å². The van der Waals surface area contributed by atoms with Crippen LogP contribution in [0.4, 0.5) is 0 Å². The largest absolute Gasteiger partial charge is 0.353 e. The topological polar surface area (TPSA) is 51.2 Å². The number of aliphatic imine (C=N–C) groups is 1. The van der Waals surface area contributed by atoms with E-state index in [1.54, 1.807) is 19.0 Å². The summed E-state index contributed by atoms with van der Waals surface area (Å²) in [5, 5.41) is 3.35. The van der Waals surface area contributed by atoms with Crippen molar-refractivity contribution in [1.82, 2.24) is 20.0 Å². The Morgan fingerprint density at radius 3 is 2.54 bits per heavy atom. The number of amides is 1. The third kappa shape index (κ3) is 6.23. The third-order valence-electron chi connectivity index (χ3n) is 4.53. The first-order valence-corrected chi connectivity index (χ1v) is 8.59. The van der Waals surface area contributed by atoms with E-state index in [1.165, 1.54) is 32.4 Å². The number of hydrogen-bond donors (Lipinski definition) is 1. The van der Waals surface area contributed by atoms with Crippen LogP contribution >= 0.6 is 24.0 Å². The van der Waals surface area contributed by atoms with Crippen LogP contribution in [0.1, 0.15) is 26.2 Å². The second-order valence-corrected chi connectivity index (χ2v) is 6.87. The Hall–Kier alpha value is -0.830. The van der Waals surface area contributed by atoms with Crippen molar-refractivity contribution >= 4 is 35.8 Å². The first-order chi connectivity index (χ1) is 11.0. The summed E-state index contributed by atoms with van der Waals surface area (Å²) in [6.07, 6.45) is 3.82. The average Bonchev–Trinajstić information content (AvgIpc) is 3.17. The fourth-order valence-corrected chi connectivity index (χ4v) is 3.12. The number of likely N-dealkylation sites (N-methyl/N-ethyl adjacent to an activating group) is 1. The molecule has 0 radical (unpaired) electrons. The standard InChI is InChI=1S/C17H31N5O.HI/c1-14(2)11-18-17(19-12-16(23)20(3)4)22-10-7-15(13-22)21-8-5-6-9-21;/h15H,1,5-13H2,2-4H3,(H,18,19);1H. The molecule has 2 aliphatic heterocycles. The average molecular weight is 449 g/mol. The Labute approximate surface area is 163 Å². The summed E-state index contributed by atoms with van der Waals surface area (Å²) in [5.74, 6) is 0.861. The van der Waals surface area contributed by atoms with Gasteiger partial charge in [-0.15, -0.1) is 24.0 Å². The van der Waals surface area contributed by atoms with Crippen molar-refractivity contribution in [2.45, 2.75) is 32.2 Å². The van der Waals surface area contributed by atoms with Crippen LogP contribution in [0.15, 0.2) is 17.1 Å². The van der Waals surface area contributed by atoms with Crippen molar-refractivity contribution in [3.63, 3.8) is 0 Å². The number of guanidine groups is 1. The molecule has 1 atom stereocenters. The minimum atomic E-state index is 0. The van der Waals surface area contributed by atoms with E-state index < -0.39 is 0 Å². The van der Waals surface area contributed by atoms with Gasteiger partial charge in [0.05, 0.1) is 0 Å². The first-order valence-electron chi connectivity index (χ1n) is 8.59. The molecule has 0 aliphatic carbocycles. The zero-order valence-electron chi connectivity index (χ0n) is 15.3. The van der Waals surface area contributed by atoms with E-state index in [1.807, 2.05) is 6.92 Å². The summed E-state index contributed by atoms with van der Waals surface area (Å²) in [5.41, 5.74) is 1.06. The molecule has 1 N–H and O–H groups in total. The van der Waals surface area contributed by atoms with E-state index in [-0.39, 0.29) is 36.4 Å². The van der Waals surface area contributed by atoms with Crippen molar-refractivity contribution in [1.29, 1.82) is 0 Å². The van der Waals surface area contributed by atoms with Gasteiger partial charge in [0.15, 0.2) is 5.96 Å². The minimum Gasteiger partial charge on any atom is -0.353 e. The molecule has 1 amide bonds. The van der Waals surface area contributed by atoms with Gasteiger partial charge in [0, 0.05) is 39.8 Å². The summed E-state index contributed by atoms with van der Waals surface area (Å²) in [6, 6.07) is 0.624. The normalized spacial score (nSPS) is 21.5. The summed E-state index contributed by atoms with van der Waals surface area (Å²) < 4.78 is 0. The Kier molecular flexibility index (Phi) is 9.04. The Bertz CT molecular complexity index is 460. The van der Waals surface area contributed by atoms with E-state index in [0.717, 1.165) is 24.6 Å². The molecule has 7 heteroatoms. The number of halogens is 1. The second kappa shape index (κ2) is 10.2. The van der Waals surface area contributed by atoms with Crippen molar-refractivity contribution in [2.75, 3.05) is 53.4 Å². The van der Waals surface area contributed by atoms with Gasteiger partial charge in [-0.2, -0.15) is 0 Å². The number of hydrogen-bond acceptors (Lipinski definition) is 3. The predicted octanol–water partition coefficient (Wildman–Crippen LogP) is 1.38. The maximum absolute atomic E-state index is 11.8. The van der Waals surface area contributed by atoms with Gasteiger partial charge >= 0.3 is 0 Å². The monoisotopic (exact) mass is 449 g/mol. The molecule has 2 rings (SSSR count). The fourth-order valence-electron chi connectivity index (χ4n) is 3.12. The number of nitrogens with one attached hydrogen (secondary N) is 1. The lowest BCUT2D eigenvalue weighted by molar-refractivity contribution is -0.127. The van der Waals surface area contributed by atoms with Gasteiger partial charge < -0.3 is 15.1 Å². The van der Waals surface area contributed by atoms with Crippen LogP contribution in [-0.2, 0) is 4.79 Å². The Morgan fingerprint density at radius 2 is 1.96 bits per heavy atom. The molecular weight excluding hydrogens is 417 g/mol. The molecule has 0 aromatic heterocycles. The summed E-state index contributed by atoms with van der Waals surface area (Å²) in [4.78, 5) is 22.8. The molecule has 2 heterocycles. The molecule has 2 fully saturated rings. The zero-order chi connectivity index (χ0) is 16.8. The van der Waals surface area contributed by atoms with Crippen molar-refractivity contribution in [3.05, 3.63) is 12.2 Å². The van der Waals surface area contributed by atoms with Gasteiger partial charge in [0.25, 0.3) is 0 Å².